The quantitative estimate of drug-likeness (QED) is 0.327. The second kappa shape index (κ2) is 10.3. The van der Waals surface area contributed by atoms with Crippen molar-refractivity contribution in [3.8, 4) is 23.8 Å². The first kappa shape index (κ1) is 21.3. The highest BCUT2D eigenvalue weighted by Crippen LogP contribution is 2.28. The van der Waals surface area contributed by atoms with Crippen LogP contribution in [0.3, 0.4) is 0 Å². The van der Waals surface area contributed by atoms with E-state index >= 15 is 0 Å². The Morgan fingerprint density at radius 3 is 2.69 bits per heavy atom. The molecule has 0 radical (unpaired) electrons. The summed E-state index contributed by atoms with van der Waals surface area (Å²) >= 11 is 0. The standard InChI is InChI=1S/C22H21N3O4/c1-4-13-29-19-11-9-16(14-20(19)28-3)10-12-21(26)25-18-8-6-5-7-17(18)22(27)24-15(2)23/h1,5-12,14H,13H2,2-3H3,(H,25,26)(H2,23,24,27)/b12-10+. The Hall–Kier alpha value is -4.05. The summed E-state index contributed by atoms with van der Waals surface area (Å²) in [6, 6.07) is 11.7. The summed E-state index contributed by atoms with van der Waals surface area (Å²) in [7, 11) is 1.51. The fourth-order valence-electron chi connectivity index (χ4n) is 2.37. The Labute approximate surface area is 169 Å². The van der Waals surface area contributed by atoms with Gasteiger partial charge in [0.2, 0.25) is 5.91 Å². The molecule has 7 nitrogen and oxygen atoms in total. The molecule has 0 spiro atoms. The first-order valence-corrected chi connectivity index (χ1v) is 8.62. The number of aliphatic imine (C=N–C) groups is 1. The average Bonchev–Trinajstić information content (AvgIpc) is 2.70. The van der Waals surface area contributed by atoms with Crippen molar-refractivity contribution < 1.29 is 19.1 Å². The number of amidine groups is 1. The molecule has 7 heteroatoms. The molecule has 0 fully saturated rings. The van der Waals surface area contributed by atoms with Crippen molar-refractivity contribution >= 4 is 29.4 Å². The van der Waals surface area contributed by atoms with Crippen molar-refractivity contribution in [1.29, 1.82) is 0 Å². The fraction of sp³-hybridized carbons (Fsp3) is 0.136. The lowest BCUT2D eigenvalue weighted by Gasteiger charge is -2.09. The van der Waals surface area contributed by atoms with Crippen LogP contribution in [0.5, 0.6) is 11.5 Å². The van der Waals surface area contributed by atoms with E-state index in [0.29, 0.717) is 17.2 Å². The number of nitrogens with two attached hydrogens (primary N) is 1. The van der Waals surface area contributed by atoms with Crippen molar-refractivity contribution in [3.63, 3.8) is 0 Å². The van der Waals surface area contributed by atoms with Gasteiger partial charge in [-0.3, -0.25) is 9.59 Å². The predicted octanol–water partition coefficient (Wildman–Crippen LogP) is 2.88. The van der Waals surface area contributed by atoms with E-state index in [9.17, 15) is 9.59 Å². The highest BCUT2D eigenvalue weighted by molar-refractivity contribution is 6.10. The fourth-order valence-corrected chi connectivity index (χ4v) is 2.37. The van der Waals surface area contributed by atoms with Gasteiger partial charge in [-0.2, -0.15) is 4.99 Å². The van der Waals surface area contributed by atoms with Crippen LogP contribution >= 0.6 is 0 Å². The van der Waals surface area contributed by atoms with Crippen molar-refractivity contribution in [2.45, 2.75) is 6.92 Å². The number of anilines is 1. The van der Waals surface area contributed by atoms with Crippen LogP contribution in [0.25, 0.3) is 6.08 Å². The number of rotatable bonds is 7. The molecule has 0 unspecified atom stereocenters. The van der Waals surface area contributed by atoms with Crippen LogP contribution < -0.4 is 20.5 Å². The van der Waals surface area contributed by atoms with Gasteiger partial charge in [0, 0.05) is 6.08 Å². The molecule has 0 aliphatic carbocycles. The first-order valence-electron chi connectivity index (χ1n) is 8.62. The van der Waals surface area contributed by atoms with Crippen LogP contribution in [0.1, 0.15) is 22.8 Å². The highest BCUT2D eigenvalue weighted by Gasteiger charge is 2.11. The third-order valence-electron chi connectivity index (χ3n) is 3.62. The molecule has 2 aromatic rings. The number of nitrogens with one attached hydrogen (secondary N) is 1. The van der Waals surface area contributed by atoms with Gasteiger partial charge in [-0.1, -0.05) is 24.1 Å². The number of carbonyl (C=O) groups excluding carboxylic acids is 2. The molecule has 0 aromatic heterocycles. The van der Waals surface area contributed by atoms with Crippen LogP contribution in [0.15, 0.2) is 53.5 Å². The second-order valence-corrected chi connectivity index (χ2v) is 5.83. The summed E-state index contributed by atoms with van der Waals surface area (Å²) in [6.07, 6.45) is 8.14. The lowest BCUT2D eigenvalue weighted by molar-refractivity contribution is -0.111. The van der Waals surface area contributed by atoms with Crippen molar-refractivity contribution in [2.24, 2.45) is 10.7 Å². The van der Waals surface area contributed by atoms with E-state index in [2.05, 4.69) is 16.2 Å². The molecule has 2 amide bonds. The van der Waals surface area contributed by atoms with Gasteiger partial charge >= 0.3 is 0 Å². The number of methoxy groups -OCH3 is 1. The minimum absolute atomic E-state index is 0.125. The third-order valence-corrected chi connectivity index (χ3v) is 3.62. The number of para-hydroxylation sites is 1. The summed E-state index contributed by atoms with van der Waals surface area (Å²) in [5, 5.41) is 2.67. The predicted molar refractivity (Wildman–Crippen MR) is 113 cm³/mol. The number of terminal acetylenes is 1. The Morgan fingerprint density at radius 1 is 1.24 bits per heavy atom. The molecule has 2 aromatic carbocycles. The zero-order chi connectivity index (χ0) is 21.2. The van der Waals surface area contributed by atoms with E-state index < -0.39 is 11.8 Å². The van der Waals surface area contributed by atoms with Crippen LogP contribution in [0.4, 0.5) is 5.69 Å². The SMILES string of the molecule is C#CCOc1ccc(/C=C/C(=O)Nc2ccccc2C(=O)N=C(C)N)cc1OC. The Bertz CT molecular complexity index is 999. The van der Waals surface area contributed by atoms with Gasteiger partial charge in [0.1, 0.15) is 12.4 Å². The molecule has 29 heavy (non-hydrogen) atoms. The van der Waals surface area contributed by atoms with Crippen molar-refractivity contribution in [1.82, 2.24) is 0 Å². The van der Waals surface area contributed by atoms with Crippen LogP contribution in [-0.2, 0) is 4.79 Å². The average molecular weight is 391 g/mol. The smallest absolute Gasteiger partial charge is 0.280 e. The molecule has 0 aliphatic rings. The molecular formula is C22H21N3O4. The summed E-state index contributed by atoms with van der Waals surface area (Å²) in [6.45, 7) is 1.64. The minimum atomic E-state index is -0.530. The summed E-state index contributed by atoms with van der Waals surface area (Å²) < 4.78 is 10.7. The zero-order valence-electron chi connectivity index (χ0n) is 16.1. The lowest BCUT2D eigenvalue weighted by atomic mass is 10.1. The van der Waals surface area contributed by atoms with Gasteiger partial charge in [-0.25, -0.2) is 0 Å². The van der Waals surface area contributed by atoms with Crippen molar-refractivity contribution in [2.75, 3.05) is 19.0 Å². The Balaban J connectivity index is 2.14. The number of hydrogen-bond acceptors (Lipinski definition) is 4. The molecule has 0 aliphatic heterocycles. The molecule has 0 heterocycles. The molecular weight excluding hydrogens is 370 g/mol. The molecule has 148 valence electrons. The maximum absolute atomic E-state index is 12.3. The first-order chi connectivity index (χ1) is 13.9. The summed E-state index contributed by atoms with van der Waals surface area (Å²) in [5.41, 5.74) is 6.76. The number of amides is 2. The lowest BCUT2D eigenvalue weighted by Crippen LogP contribution is -2.13. The largest absolute Gasteiger partial charge is 0.493 e. The van der Waals surface area contributed by atoms with E-state index in [0.717, 1.165) is 5.56 Å². The van der Waals surface area contributed by atoms with Crippen LogP contribution in [-0.4, -0.2) is 31.4 Å². The third kappa shape index (κ3) is 6.26. The van der Waals surface area contributed by atoms with Gasteiger partial charge in [0.05, 0.1) is 18.4 Å². The van der Waals surface area contributed by atoms with E-state index in [-0.39, 0.29) is 18.0 Å². The second-order valence-electron chi connectivity index (χ2n) is 5.83. The molecule has 0 saturated carbocycles. The van der Waals surface area contributed by atoms with Crippen molar-refractivity contribution in [3.05, 3.63) is 59.7 Å². The Morgan fingerprint density at radius 2 is 2.00 bits per heavy atom. The van der Waals surface area contributed by atoms with Crippen LogP contribution in [0, 0.1) is 12.3 Å². The topological polar surface area (TPSA) is 103 Å². The minimum Gasteiger partial charge on any atom is -0.493 e. The highest BCUT2D eigenvalue weighted by atomic mass is 16.5. The number of nitrogens with zero attached hydrogens (tertiary/aromatic N) is 1. The van der Waals surface area contributed by atoms with Gasteiger partial charge in [-0.15, -0.1) is 6.42 Å². The number of benzene rings is 2. The van der Waals surface area contributed by atoms with Gasteiger partial charge in [0.25, 0.3) is 5.91 Å². The van der Waals surface area contributed by atoms with E-state index in [1.807, 2.05) is 0 Å². The molecule has 3 N–H and O–H groups in total. The summed E-state index contributed by atoms with van der Waals surface area (Å²) in [5.74, 6) is 2.58. The van der Waals surface area contributed by atoms with Gasteiger partial charge in [0.15, 0.2) is 11.5 Å². The molecule has 0 bridgehead atoms. The number of carbonyl (C=O) groups is 2. The molecule has 0 atom stereocenters. The van der Waals surface area contributed by atoms with Gasteiger partial charge in [-0.05, 0) is 42.8 Å². The number of hydrogen-bond donors (Lipinski definition) is 2. The van der Waals surface area contributed by atoms with E-state index in [1.54, 1.807) is 48.5 Å². The monoisotopic (exact) mass is 391 g/mol. The van der Waals surface area contributed by atoms with E-state index in [4.69, 9.17) is 21.6 Å². The van der Waals surface area contributed by atoms with Crippen LogP contribution in [0.2, 0.25) is 0 Å². The Kier molecular flexibility index (Phi) is 7.57. The normalized spacial score (nSPS) is 11.0. The maximum atomic E-state index is 12.3. The van der Waals surface area contributed by atoms with E-state index in [1.165, 1.54) is 20.1 Å². The summed E-state index contributed by atoms with van der Waals surface area (Å²) in [4.78, 5) is 28.1. The number of ether oxygens (including phenoxy) is 2. The maximum Gasteiger partial charge on any atom is 0.280 e. The molecule has 0 saturated heterocycles. The molecule has 2 rings (SSSR count). The zero-order valence-corrected chi connectivity index (χ0v) is 16.1. The van der Waals surface area contributed by atoms with Gasteiger partial charge < -0.3 is 20.5 Å².